The van der Waals surface area contributed by atoms with Gasteiger partial charge in [-0.15, -0.1) is 0 Å². The van der Waals surface area contributed by atoms with E-state index in [0.29, 0.717) is 0 Å². The summed E-state index contributed by atoms with van der Waals surface area (Å²) < 4.78 is 3.03. The standard InChI is InChI=1S/C12H11P.C8H10N.C6H5.Sb/c1-3-7-11(8-4-1)13-12-9-5-2-6-10-12;1-9(2)8-6-4-3-5-7-8;1-2-4-6-5-3-1;/h1-10,13H;3-6H,1-2H3;1-5H;. The predicted molar refractivity (Wildman–Crippen MR) is 133 cm³/mol. The van der Waals surface area contributed by atoms with E-state index in [2.05, 4.69) is 134 Å². The van der Waals surface area contributed by atoms with Crippen LogP contribution in [0, 0.1) is 0 Å². The molecule has 1 nitrogen and oxygen atoms in total. The second kappa shape index (κ2) is 11.8. The van der Waals surface area contributed by atoms with Crippen molar-refractivity contribution < 1.29 is 0 Å². The van der Waals surface area contributed by atoms with Gasteiger partial charge in [0.25, 0.3) is 0 Å². The SMILES string of the molecule is CN(C)c1cccc[c]1[Sb][c]1ccccc1.c1ccc(Pc2ccccc2)cc1. The first kappa shape index (κ1) is 21.6. The fraction of sp³-hybridized carbons (Fsp3) is 0.0769. The molecule has 0 aliphatic carbocycles. The summed E-state index contributed by atoms with van der Waals surface area (Å²) in [6, 6.07) is 40.7. The quantitative estimate of drug-likeness (QED) is 0.296. The molecular formula is C26H26NPSb. The van der Waals surface area contributed by atoms with Crippen molar-refractivity contribution in [3.05, 3.63) is 115 Å². The molecule has 145 valence electrons. The minimum atomic E-state index is -0.455. The number of nitrogens with zero attached hydrogens (tertiary/aromatic N) is 1. The Labute approximate surface area is 187 Å². The predicted octanol–water partition coefficient (Wildman–Crippen LogP) is 3.72. The van der Waals surface area contributed by atoms with E-state index in [1.165, 1.54) is 23.3 Å². The molecule has 4 aromatic rings. The normalized spacial score (nSPS) is 10.0. The summed E-state index contributed by atoms with van der Waals surface area (Å²) in [6.07, 6.45) is 0. The molecule has 0 bridgehead atoms. The van der Waals surface area contributed by atoms with E-state index in [1.807, 2.05) is 0 Å². The van der Waals surface area contributed by atoms with Crippen LogP contribution in [0.4, 0.5) is 5.69 Å². The Morgan fingerprint density at radius 3 is 1.52 bits per heavy atom. The molecule has 1 radical (unpaired) electrons. The monoisotopic (exact) mass is 504 g/mol. The van der Waals surface area contributed by atoms with Gasteiger partial charge in [-0.3, -0.25) is 0 Å². The fourth-order valence-corrected chi connectivity index (χ4v) is 7.12. The maximum absolute atomic E-state index is 2.26. The van der Waals surface area contributed by atoms with Gasteiger partial charge in [-0.25, -0.2) is 0 Å². The van der Waals surface area contributed by atoms with Crippen LogP contribution in [0.3, 0.4) is 0 Å². The van der Waals surface area contributed by atoms with Crippen molar-refractivity contribution in [1.29, 1.82) is 0 Å². The zero-order chi connectivity index (χ0) is 20.3. The van der Waals surface area contributed by atoms with Gasteiger partial charge in [0.2, 0.25) is 0 Å². The van der Waals surface area contributed by atoms with Crippen LogP contribution in [0.25, 0.3) is 0 Å². The van der Waals surface area contributed by atoms with Crippen molar-refractivity contribution in [3.63, 3.8) is 0 Å². The molecule has 0 saturated carbocycles. The third-order valence-electron chi connectivity index (χ3n) is 4.21. The van der Waals surface area contributed by atoms with Crippen LogP contribution in [0.15, 0.2) is 115 Å². The molecule has 0 amide bonds. The van der Waals surface area contributed by atoms with Gasteiger partial charge in [0.1, 0.15) is 0 Å². The van der Waals surface area contributed by atoms with E-state index in [-0.39, 0.29) is 0 Å². The van der Waals surface area contributed by atoms with Crippen LogP contribution in [0.2, 0.25) is 0 Å². The first-order valence-corrected chi connectivity index (χ1v) is 13.2. The van der Waals surface area contributed by atoms with Crippen molar-refractivity contribution in [2.24, 2.45) is 0 Å². The van der Waals surface area contributed by atoms with E-state index in [1.54, 1.807) is 0 Å². The zero-order valence-corrected chi connectivity index (χ0v) is 20.4. The molecule has 0 N–H and O–H groups in total. The minimum absolute atomic E-state index is 0.455. The summed E-state index contributed by atoms with van der Waals surface area (Å²) in [5, 5.41) is 2.79. The maximum atomic E-state index is 2.26. The Morgan fingerprint density at radius 2 is 1.00 bits per heavy atom. The molecule has 3 heteroatoms. The second-order valence-electron chi connectivity index (χ2n) is 6.69. The van der Waals surface area contributed by atoms with Crippen molar-refractivity contribution in [1.82, 2.24) is 0 Å². The number of anilines is 1. The fourth-order valence-electron chi connectivity index (χ4n) is 2.79. The van der Waals surface area contributed by atoms with E-state index in [4.69, 9.17) is 0 Å². The van der Waals surface area contributed by atoms with E-state index < -0.39 is 21.6 Å². The average Bonchev–Trinajstić information content (AvgIpc) is 2.77. The topological polar surface area (TPSA) is 3.24 Å². The first-order valence-electron chi connectivity index (χ1n) is 9.62. The summed E-state index contributed by atoms with van der Waals surface area (Å²) in [6.45, 7) is 0. The van der Waals surface area contributed by atoms with Crippen LogP contribution in [-0.4, -0.2) is 35.7 Å². The number of para-hydroxylation sites is 1. The molecule has 0 aromatic heterocycles. The minimum Gasteiger partial charge on any atom is -0.0622 e. The van der Waals surface area contributed by atoms with Crippen molar-refractivity contribution in [2.45, 2.75) is 0 Å². The summed E-state index contributed by atoms with van der Waals surface area (Å²) >= 11 is -0.455. The number of benzene rings is 4. The molecule has 0 fully saturated rings. The van der Waals surface area contributed by atoms with Crippen molar-refractivity contribution >= 4 is 53.5 Å². The Morgan fingerprint density at radius 1 is 0.552 bits per heavy atom. The Kier molecular flexibility index (Phi) is 8.81. The van der Waals surface area contributed by atoms with Crippen molar-refractivity contribution in [3.8, 4) is 0 Å². The zero-order valence-electron chi connectivity index (χ0n) is 16.9. The van der Waals surface area contributed by atoms with Gasteiger partial charge in [0.15, 0.2) is 0 Å². The summed E-state index contributed by atoms with van der Waals surface area (Å²) in [5.74, 6) is 0. The summed E-state index contributed by atoms with van der Waals surface area (Å²) in [4.78, 5) is 2.20. The van der Waals surface area contributed by atoms with Gasteiger partial charge in [0.05, 0.1) is 0 Å². The molecule has 0 spiro atoms. The van der Waals surface area contributed by atoms with Crippen LogP contribution in [0.5, 0.6) is 0 Å². The van der Waals surface area contributed by atoms with Gasteiger partial charge < -0.3 is 0 Å². The second-order valence-corrected chi connectivity index (χ2v) is 11.6. The van der Waals surface area contributed by atoms with E-state index >= 15 is 0 Å². The first-order chi connectivity index (χ1) is 14.2. The summed E-state index contributed by atoms with van der Waals surface area (Å²) in [7, 11) is 5.00. The third-order valence-corrected chi connectivity index (χ3v) is 8.80. The maximum Gasteiger partial charge on any atom is -0.0226 e. The molecule has 4 rings (SSSR count). The Balaban J connectivity index is 0.000000169. The molecular weight excluding hydrogens is 479 g/mol. The van der Waals surface area contributed by atoms with E-state index in [9.17, 15) is 0 Å². The van der Waals surface area contributed by atoms with Crippen LogP contribution >= 0.6 is 8.58 Å². The number of hydrogen-bond donors (Lipinski definition) is 0. The molecule has 29 heavy (non-hydrogen) atoms. The van der Waals surface area contributed by atoms with Gasteiger partial charge in [0, 0.05) is 0 Å². The van der Waals surface area contributed by atoms with Gasteiger partial charge in [-0.1, -0.05) is 69.2 Å². The van der Waals surface area contributed by atoms with Crippen LogP contribution in [0.1, 0.15) is 0 Å². The molecule has 0 aliphatic heterocycles. The van der Waals surface area contributed by atoms with Gasteiger partial charge >= 0.3 is 108 Å². The number of hydrogen-bond acceptors (Lipinski definition) is 1. The largest absolute Gasteiger partial charge is 0.0622 e. The molecule has 0 saturated heterocycles. The molecule has 0 unspecified atom stereocenters. The van der Waals surface area contributed by atoms with Crippen LogP contribution < -0.4 is 22.5 Å². The smallest absolute Gasteiger partial charge is 0.0226 e. The molecule has 0 aliphatic rings. The molecule has 0 atom stereocenters. The third kappa shape index (κ3) is 7.35. The molecule has 4 aromatic carbocycles. The molecule has 0 heterocycles. The number of rotatable bonds is 5. The Hall–Kier alpha value is -2.07. The van der Waals surface area contributed by atoms with Crippen LogP contribution in [-0.2, 0) is 0 Å². The average molecular weight is 505 g/mol. The van der Waals surface area contributed by atoms with Gasteiger partial charge in [-0.2, -0.15) is 0 Å². The van der Waals surface area contributed by atoms with Gasteiger partial charge in [-0.05, 0) is 10.6 Å². The van der Waals surface area contributed by atoms with E-state index in [0.717, 1.165) is 8.58 Å². The Bertz CT molecular complexity index is 935. The van der Waals surface area contributed by atoms with Crippen molar-refractivity contribution in [2.75, 3.05) is 19.0 Å². The summed E-state index contributed by atoms with van der Waals surface area (Å²) in [5.41, 5.74) is 1.36.